The molecule has 0 aromatic heterocycles. The number of aliphatic hydroxyl groups is 1. The molecule has 21 heavy (non-hydrogen) atoms. The first-order valence-corrected chi connectivity index (χ1v) is 7.82. The van der Waals surface area contributed by atoms with Crippen molar-refractivity contribution in [2.75, 3.05) is 33.0 Å². The summed E-state index contributed by atoms with van der Waals surface area (Å²) in [6, 6.07) is 8.38. The van der Waals surface area contributed by atoms with Crippen LogP contribution in [0, 0.1) is 6.92 Å². The monoisotopic (exact) mass is 295 g/mol. The number of ether oxygens (including phenoxy) is 2. The molecule has 4 heteroatoms. The number of aryl methyl sites for hydroxylation is 1. The first-order valence-electron chi connectivity index (χ1n) is 7.82. The van der Waals surface area contributed by atoms with Crippen LogP contribution in [0.25, 0.3) is 0 Å². The van der Waals surface area contributed by atoms with Crippen LogP contribution in [0.4, 0.5) is 0 Å². The molecule has 0 saturated carbocycles. The molecule has 1 atom stereocenters. The van der Waals surface area contributed by atoms with E-state index in [9.17, 15) is 5.11 Å². The zero-order chi connectivity index (χ0) is 15.3. The van der Waals surface area contributed by atoms with E-state index in [4.69, 9.17) is 9.47 Å². The lowest BCUT2D eigenvalue weighted by Gasteiger charge is -2.12. The Morgan fingerprint density at radius 2 is 1.81 bits per heavy atom. The van der Waals surface area contributed by atoms with Crippen LogP contribution in [0.3, 0.4) is 0 Å². The topological polar surface area (TPSA) is 50.7 Å². The standard InChI is InChI=1S/C17H29NO3/c1-3-4-9-20-10-11-21-14-17(19)13-18-12-16-7-5-15(2)6-8-16/h5-8,17-19H,3-4,9-14H2,1-2H3. The normalized spacial score (nSPS) is 12.5. The molecular weight excluding hydrogens is 266 g/mol. The maximum absolute atomic E-state index is 9.78. The second kappa shape index (κ2) is 11.7. The van der Waals surface area contributed by atoms with Gasteiger partial charge in [-0.25, -0.2) is 0 Å². The highest BCUT2D eigenvalue weighted by atomic mass is 16.5. The highest BCUT2D eigenvalue weighted by Gasteiger charge is 2.03. The molecule has 0 aliphatic carbocycles. The molecule has 120 valence electrons. The highest BCUT2D eigenvalue weighted by molar-refractivity contribution is 5.21. The molecule has 0 spiro atoms. The van der Waals surface area contributed by atoms with Gasteiger partial charge in [0.25, 0.3) is 0 Å². The Labute approximate surface area is 128 Å². The van der Waals surface area contributed by atoms with E-state index in [-0.39, 0.29) is 0 Å². The van der Waals surface area contributed by atoms with E-state index in [1.165, 1.54) is 11.1 Å². The van der Waals surface area contributed by atoms with E-state index in [1.54, 1.807) is 0 Å². The number of aliphatic hydroxyl groups excluding tert-OH is 1. The van der Waals surface area contributed by atoms with Crippen molar-refractivity contribution in [2.24, 2.45) is 0 Å². The largest absolute Gasteiger partial charge is 0.389 e. The Morgan fingerprint density at radius 1 is 1.10 bits per heavy atom. The summed E-state index contributed by atoms with van der Waals surface area (Å²) in [7, 11) is 0. The fraction of sp³-hybridized carbons (Fsp3) is 0.647. The van der Waals surface area contributed by atoms with Crippen molar-refractivity contribution in [1.29, 1.82) is 0 Å². The Kier molecular flexibility index (Phi) is 10.1. The molecule has 0 saturated heterocycles. The fourth-order valence-electron chi connectivity index (χ4n) is 1.83. The van der Waals surface area contributed by atoms with Gasteiger partial charge in [0.1, 0.15) is 0 Å². The van der Waals surface area contributed by atoms with E-state index in [2.05, 4.69) is 43.4 Å². The Balaban J connectivity index is 1.96. The van der Waals surface area contributed by atoms with Gasteiger partial charge in [0, 0.05) is 19.7 Å². The predicted octanol–water partition coefficient (Wildman–Crippen LogP) is 2.28. The van der Waals surface area contributed by atoms with E-state index in [0.717, 1.165) is 26.0 Å². The van der Waals surface area contributed by atoms with Gasteiger partial charge in [-0.05, 0) is 18.9 Å². The van der Waals surface area contributed by atoms with Crippen LogP contribution in [0.15, 0.2) is 24.3 Å². The zero-order valence-electron chi connectivity index (χ0n) is 13.3. The Morgan fingerprint density at radius 3 is 2.52 bits per heavy atom. The van der Waals surface area contributed by atoms with Gasteiger partial charge < -0.3 is 19.9 Å². The molecule has 4 nitrogen and oxygen atoms in total. The minimum Gasteiger partial charge on any atom is -0.389 e. The SMILES string of the molecule is CCCCOCCOCC(O)CNCc1ccc(C)cc1. The molecule has 0 aliphatic heterocycles. The minimum absolute atomic E-state index is 0.345. The number of hydrogen-bond acceptors (Lipinski definition) is 4. The highest BCUT2D eigenvalue weighted by Crippen LogP contribution is 2.02. The average Bonchev–Trinajstić information content (AvgIpc) is 2.48. The van der Waals surface area contributed by atoms with Crippen LogP contribution in [-0.2, 0) is 16.0 Å². The van der Waals surface area contributed by atoms with E-state index in [0.29, 0.717) is 26.4 Å². The van der Waals surface area contributed by atoms with E-state index in [1.807, 2.05) is 0 Å². The van der Waals surface area contributed by atoms with Crippen LogP contribution < -0.4 is 5.32 Å². The summed E-state index contributed by atoms with van der Waals surface area (Å²) in [5.41, 5.74) is 2.48. The molecule has 0 amide bonds. The van der Waals surface area contributed by atoms with Crippen molar-refractivity contribution in [3.05, 3.63) is 35.4 Å². The summed E-state index contributed by atoms with van der Waals surface area (Å²) >= 11 is 0. The van der Waals surface area contributed by atoms with Gasteiger partial charge in [0.2, 0.25) is 0 Å². The lowest BCUT2D eigenvalue weighted by molar-refractivity contribution is 0.00385. The number of hydrogen-bond donors (Lipinski definition) is 2. The number of nitrogens with one attached hydrogen (secondary N) is 1. The average molecular weight is 295 g/mol. The van der Waals surface area contributed by atoms with E-state index < -0.39 is 6.10 Å². The second-order valence-corrected chi connectivity index (χ2v) is 5.31. The molecule has 0 heterocycles. The van der Waals surface area contributed by atoms with Crippen molar-refractivity contribution in [3.8, 4) is 0 Å². The van der Waals surface area contributed by atoms with Crippen LogP contribution in [0.1, 0.15) is 30.9 Å². The maximum atomic E-state index is 9.78. The molecule has 0 radical (unpaired) electrons. The van der Waals surface area contributed by atoms with Gasteiger partial charge in [-0.2, -0.15) is 0 Å². The number of unbranched alkanes of at least 4 members (excludes halogenated alkanes) is 1. The molecule has 0 aliphatic rings. The van der Waals surface area contributed by atoms with E-state index >= 15 is 0 Å². The van der Waals surface area contributed by atoms with Crippen LogP contribution in [0.5, 0.6) is 0 Å². The Bertz CT molecular complexity index is 354. The minimum atomic E-state index is -0.480. The molecule has 0 bridgehead atoms. The predicted molar refractivity (Wildman–Crippen MR) is 85.4 cm³/mol. The summed E-state index contributed by atoms with van der Waals surface area (Å²) in [4.78, 5) is 0. The van der Waals surface area contributed by atoms with Crippen LogP contribution >= 0.6 is 0 Å². The van der Waals surface area contributed by atoms with Gasteiger partial charge >= 0.3 is 0 Å². The molecule has 0 fully saturated rings. The quantitative estimate of drug-likeness (QED) is 0.581. The number of benzene rings is 1. The molecule has 1 unspecified atom stereocenters. The molecular formula is C17H29NO3. The van der Waals surface area contributed by atoms with Gasteiger partial charge in [-0.15, -0.1) is 0 Å². The third-order valence-electron chi connectivity index (χ3n) is 3.15. The van der Waals surface area contributed by atoms with Crippen molar-refractivity contribution < 1.29 is 14.6 Å². The van der Waals surface area contributed by atoms with Gasteiger partial charge in [-0.1, -0.05) is 43.2 Å². The van der Waals surface area contributed by atoms with Crippen LogP contribution in [-0.4, -0.2) is 44.2 Å². The first kappa shape index (κ1) is 18.1. The Hall–Kier alpha value is -0.940. The molecule has 1 rings (SSSR count). The first-order chi connectivity index (χ1) is 10.2. The van der Waals surface area contributed by atoms with Crippen molar-refractivity contribution in [1.82, 2.24) is 5.32 Å². The summed E-state index contributed by atoms with van der Waals surface area (Å²) in [5, 5.41) is 13.0. The third-order valence-corrected chi connectivity index (χ3v) is 3.15. The lowest BCUT2D eigenvalue weighted by atomic mass is 10.1. The van der Waals surface area contributed by atoms with Gasteiger partial charge in [0.05, 0.1) is 25.9 Å². The zero-order valence-corrected chi connectivity index (χ0v) is 13.3. The molecule has 1 aromatic rings. The summed E-state index contributed by atoms with van der Waals surface area (Å²) < 4.78 is 10.8. The third kappa shape index (κ3) is 9.58. The summed E-state index contributed by atoms with van der Waals surface area (Å²) in [5.74, 6) is 0. The smallest absolute Gasteiger partial charge is 0.0897 e. The lowest BCUT2D eigenvalue weighted by Crippen LogP contribution is -2.30. The summed E-state index contributed by atoms with van der Waals surface area (Å²) in [6.45, 7) is 7.78. The second-order valence-electron chi connectivity index (χ2n) is 5.31. The van der Waals surface area contributed by atoms with Gasteiger partial charge in [-0.3, -0.25) is 0 Å². The fourth-order valence-corrected chi connectivity index (χ4v) is 1.83. The van der Waals surface area contributed by atoms with Crippen molar-refractivity contribution >= 4 is 0 Å². The van der Waals surface area contributed by atoms with Crippen molar-refractivity contribution in [3.63, 3.8) is 0 Å². The molecule has 2 N–H and O–H groups in total. The number of rotatable bonds is 12. The summed E-state index contributed by atoms with van der Waals surface area (Å²) in [6.07, 6.45) is 1.75. The molecule has 1 aromatic carbocycles. The van der Waals surface area contributed by atoms with Crippen LogP contribution in [0.2, 0.25) is 0 Å². The van der Waals surface area contributed by atoms with Gasteiger partial charge in [0.15, 0.2) is 0 Å². The maximum Gasteiger partial charge on any atom is 0.0897 e. The van der Waals surface area contributed by atoms with Crippen molar-refractivity contribution in [2.45, 2.75) is 39.3 Å².